The maximum Gasteiger partial charge on any atom is 0.0666 e. The fourth-order valence-corrected chi connectivity index (χ4v) is 1.14. The van der Waals surface area contributed by atoms with Crippen molar-refractivity contribution in [2.45, 2.75) is 27.2 Å². The maximum atomic E-state index is 8.60. The second kappa shape index (κ2) is 6.80. The van der Waals surface area contributed by atoms with E-state index in [1.165, 1.54) is 0 Å². The predicted octanol–water partition coefficient (Wildman–Crippen LogP) is 1.80. The second-order valence-electron chi connectivity index (χ2n) is 4.57. The molecule has 0 bridgehead atoms. The van der Waals surface area contributed by atoms with Crippen LogP contribution >= 0.6 is 0 Å². The molecule has 0 amide bonds. The molecule has 0 aromatic carbocycles. The van der Waals surface area contributed by atoms with E-state index in [-0.39, 0.29) is 11.3 Å². The molecule has 0 aliphatic carbocycles. The maximum absolute atomic E-state index is 8.60. The summed E-state index contributed by atoms with van der Waals surface area (Å²) in [6.45, 7) is 8.83. The van der Waals surface area contributed by atoms with Gasteiger partial charge in [0, 0.05) is 26.8 Å². The van der Waals surface area contributed by atoms with Crippen LogP contribution in [0.1, 0.15) is 27.2 Å². The van der Waals surface area contributed by atoms with Crippen LogP contribution in [-0.4, -0.2) is 26.8 Å². The number of nitrogens with zero attached hydrogens (tertiary/aromatic N) is 1. The molecule has 0 spiro atoms. The predicted molar refractivity (Wildman–Crippen MR) is 57.9 cm³/mol. The molecule has 3 heteroatoms. The Morgan fingerprint density at radius 1 is 1.50 bits per heavy atom. The summed E-state index contributed by atoms with van der Waals surface area (Å²) in [5.41, 5.74) is 0.241. The molecule has 0 saturated heterocycles. The number of hydrogen-bond donors (Lipinski definition) is 1. The quantitative estimate of drug-likeness (QED) is 0.678. The summed E-state index contributed by atoms with van der Waals surface area (Å²) in [7, 11) is 1.72. The largest absolute Gasteiger partial charge is 0.385 e. The minimum atomic E-state index is 0.0909. The first-order chi connectivity index (χ1) is 6.52. The summed E-state index contributed by atoms with van der Waals surface area (Å²) in [6.07, 6.45) is 1.04. The second-order valence-corrected chi connectivity index (χ2v) is 4.57. The molecule has 1 N–H and O–H groups in total. The van der Waals surface area contributed by atoms with E-state index in [1.54, 1.807) is 7.11 Å². The lowest BCUT2D eigenvalue weighted by molar-refractivity contribution is 0.150. The molecule has 0 rings (SSSR count). The topological polar surface area (TPSA) is 45.0 Å². The van der Waals surface area contributed by atoms with Crippen molar-refractivity contribution in [2.24, 2.45) is 11.3 Å². The third-order valence-corrected chi connectivity index (χ3v) is 2.26. The lowest BCUT2D eigenvalue weighted by atomic mass is 9.89. The van der Waals surface area contributed by atoms with E-state index in [0.29, 0.717) is 0 Å². The summed E-state index contributed by atoms with van der Waals surface area (Å²) in [5, 5.41) is 11.9. The molecule has 14 heavy (non-hydrogen) atoms. The number of nitriles is 1. The van der Waals surface area contributed by atoms with Gasteiger partial charge in [0.2, 0.25) is 0 Å². The van der Waals surface area contributed by atoms with Crippen LogP contribution in [0.15, 0.2) is 0 Å². The van der Waals surface area contributed by atoms with E-state index >= 15 is 0 Å². The summed E-state index contributed by atoms with van der Waals surface area (Å²) in [5.74, 6) is 0.0909. The average Bonchev–Trinajstić information content (AvgIpc) is 2.14. The number of ether oxygens (including phenoxy) is 1. The van der Waals surface area contributed by atoms with Crippen LogP contribution in [-0.2, 0) is 4.74 Å². The standard InChI is InChI=1S/C11H22N2O/c1-10(7-12)8-13-9-11(2,3)5-6-14-4/h10,13H,5-6,8-9H2,1-4H3. The normalized spacial score (nSPS) is 13.6. The van der Waals surface area contributed by atoms with Crippen LogP contribution in [0.4, 0.5) is 0 Å². The Morgan fingerprint density at radius 2 is 2.14 bits per heavy atom. The van der Waals surface area contributed by atoms with Gasteiger partial charge >= 0.3 is 0 Å². The van der Waals surface area contributed by atoms with Gasteiger partial charge in [-0.2, -0.15) is 5.26 Å². The van der Waals surface area contributed by atoms with E-state index in [4.69, 9.17) is 10.00 Å². The van der Waals surface area contributed by atoms with Crippen LogP contribution in [0.2, 0.25) is 0 Å². The Balaban J connectivity index is 3.60. The average molecular weight is 198 g/mol. The molecular weight excluding hydrogens is 176 g/mol. The zero-order valence-corrected chi connectivity index (χ0v) is 9.76. The van der Waals surface area contributed by atoms with Gasteiger partial charge < -0.3 is 10.1 Å². The Kier molecular flexibility index (Phi) is 6.52. The molecule has 3 nitrogen and oxygen atoms in total. The van der Waals surface area contributed by atoms with Crippen LogP contribution < -0.4 is 5.32 Å². The van der Waals surface area contributed by atoms with Crippen molar-refractivity contribution in [2.75, 3.05) is 26.8 Å². The zero-order valence-electron chi connectivity index (χ0n) is 9.76. The first-order valence-corrected chi connectivity index (χ1v) is 5.11. The summed E-state index contributed by atoms with van der Waals surface area (Å²) < 4.78 is 5.05. The molecule has 0 aromatic rings. The van der Waals surface area contributed by atoms with Gasteiger partial charge in [-0.05, 0) is 18.8 Å². The fourth-order valence-electron chi connectivity index (χ4n) is 1.14. The van der Waals surface area contributed by atoms with Crippen molar-refractivity contribution in [3.8, 4) is 6.07 Å². The molecule has 0 aromatic heterocycles. The Bertz CT molecular complexity index is 184. The van der Waals surface area contributed by atoms with Gasteiger partial charge in [-0.1, -0.05) is 13.8 Å². The molecule has 0 heterocycles. The number of methoxy groups -OCH3 is 1. The molecule has 1 atom stereocenters. The summed E-state index contributed by atoms with van der Waals surface area (Å²) in [6, 6.07) is 2.21. The van der Waals surface area contributed by atoms with E-state index in [2.05, 4.69) is 25.2 Å². The van der Waals surface area contributed by atoms with Crippen LogP contribution in [0.3, 0.4) is 0 Å². The van der Waals surface area contributed by atoms with Crippen LogP contribution in [0, 0.1) is 22.7 Å². The Morgan fingerprint density at radius 3 is 2.64 bits per heavy atom. The highest BCUT2D eigenvalue weighted by Crippen LogP contribution is 2.18. The van der Waals surface area contributed by atoms with E-state index in [9.17, 15) is 0 Å². The third-order valence-electron chi connectivity index (χ3n) is 2.26. The smallest absolute Gasteiger partial charge is 0.0666 e. The first-order valence-electron chi connectivity index (χ1n) is 5.11. The number of rotatable bonds is 7. The lowest BCUT2D eigenvalue weighted by Gasteiger charge is -2.24. The number of hydrogen-bond acceptors (Lipinski definition) is 3. The third kappa shape index (κ3) is 6.88. The minimum absolute atomic E-state index is 0.0909. The SMILES string of the molecule is COCCC(C)(C)CNCC(C)C#N. The fraction of sp³-hybridized carbons (Fsp3) is 0.909. The molecule has 0 fully saturated rings. The van der Waals surface area contributed by atoms with E-state index in [0.717, 1.165) is 26.1 Å². The highest BCUT2D eigenvalue weighted by atomic mass is 16.5. The van der Waals surface area contributed by atoms with Crippen molar-refractivity contribution >= 4 is 0 Å². The summed E-state index contributed by atoms with van der Waals surface area (Å²) >= 11 is 0. The summed E-state index contributed by atoms with van der Waals surface area (Å²) in [4.78, 5) is 0. The highest BCUT2D eigenvalue weighted by molar-refractivity contribution is 4.81. The van der Waals surface area contributed by atoms with Gasteiger partial charge in [0.1, 0.15) is 0 Å². The monoisotopic (exact) mass is 198 g/mol. The highest BCUT2D eigenvalue weighted by Gasteiger charge is 2.16. The van der Waals surface area contributed by atoms with Crippen molar-refractivity contribution in [3.05, 3.63) is 0 Å². The molecular formula is C11H22N2O. The van der Waals surface area contributed by atoms with Crippen molar-refractivity contribution in [1.29, 1.82) is 5.26 Å². The first kappa shape index (κ1) is 13.4. The molecule has 82 valence electrons. The van der Waals surface area contributed by atoms with Crippen molar-refractivity contribution in [1.82, 2.24) is 5.32 Å². The lowest BCUT2D eigenvalue weighted by Crippen LogP contribution is -2.32. The van der Waals surface area contributed by atoms with Gasteiger partial charge in [-0.3, -0.25) is 0 Å². The van der Waals surface area contributed by atoms with Crippen molar-refractivity contribution in [3.63, 3.8) is 0 Å². The number of nitrogens with one attached hydrogen (secondary N) is 1. The zero-order chi connectivity index (χ0) is 11.0. The van der Waals surface area contributed by atoms with Gasteiger partial charge in [0.25, 0.3) is 0 Å². The van der Waals surface area contributed by atoms with E-state index in [1.807, 2.05) is 6.92 Å². The van der Waals surface area contributed by atoms with Crippen LogP contribution in [0.5, 0.6) is 0 Å². The van der Waals surface area contributed by atoms with Gasteiger partial charge in [-0.15, -0.1) is 0 Å². The molecule has 0 aliphatic rings. The van der Waals surface area contributed by atoms with E-state index < -0.39 is 0 Å². The molecule has 0 radical (unpaired) electrons. The Hall–Kier alpha value is -0.590. The molecule has 0 saturated carbocycles. The van der Waals surface area contributed by atoms with Gasteiger partial charge in [0.05, 0.1) is 12.0 Å². The van der Waals surface area contributed by atoms with Gasteiger partial charge in [0.15, 0.2) is 0 Å². The van der Waals surface area contributed by atoms with Gasteiger partial charge in [-0.25, -0.2) is 0 Å². The van der Waals surface area contributed by atoms with Crippen molar-refractivity contribution < 1.29 is 4.74 Å². The minimum Gasteiger partial charge on any atom is -0.385 e. The van der Waals surface area contributed by atoms with Crippen LogP contribution in [0.25, 0.3) is 0 Å². The molecule has 0 aliphatic heterocycles. The Labute approximate surface area is 87.4 Å². The molecule has 1 unspecified atom stereocenters.